The van der Waals surface area contributed by atoms with E-state index >= 15 is 0 Å². The maximum atomic E-state index is 2.60. The van der Waals surface area contributed by atoms with Gasteiger partial charge < -0.3 is 9.13 Å². The van der Waals surface area contributed by atoms with E-state index in [4.69, 9.17) is 0 Å². The van der Waals surface area contributed by atoms with Crippen LogP contribution in [0.3, 0.4) is 0 Å². The molecular weight excluding hydrogens is 829 g/mol. The van der Waals surface area contributed by atoms with Crippen molar-refractivity contribution in [2.45, 2.75) is 124 Å². The molecule has 3 heteroatoms. The number of hydrogen-bond donors (Lipinski definition) is 0. The summed E-state index contributed by atoms with van der Waals surface area (Å²) in [7, 11) is -1.92. The minimum absolute atomic E-state index is 0.00933. The van der Waals surface area contributed by atoms with Crippen LogP contribution in [-0.2, 0) is 21.7 Å². The van der Waals surface area contributed by atoms with Crippen LogP contribution >= 0.6 is 10.0 Å². The van der Waals surface area contributed by atoms with Crippen molar-refractivity contribution in [1.29, 1.82) is 0 Å². The molecule has 67 heavy (non-hydrogen) atoms. The maximum Gasteiger partial charge on any atom is 0.0578 e. The highest BCUT2D eigenvalue weighted by molar-refractivity contribution is 8.34. The molecule has 0 N–H and O–H groups in total. The van der Waals surface area contributed by atoms with Gasteiger partial charge in [0.25, 0.3) is 0 Å². The normalized spacial score (nSPS) is 13.3. The summed E-state index contributed by atoms with van der Waals surface area (Å²) in [6, 6.07) is 69.4. The summed E-state index contributed by atoms with van der Waals surface area (Å²) in [5, 5.41) is 5.16. The Morgan fingerprint density at radius 3 is 1.16 bits per heavy atom. The van der Waals surface area contributed by atoms with Gasteiger partial charge in [0.15, 0.2) is 0 Å². The Balaban J connectivity index is 1.33. The summed E-state index contributed by atoms with van der Waals surface area (Å²) in [5.41, 5.74) is 12.5. The van der Waals surface area contributed by atoms with Gasteiger partial charge in [-0.25, -0.2) is 0 Å². The fourth-order valence-corrected chi connectivity index (χ4v) is 14.3. The maximum absolute atomic E-state index is 2.60. The first-order valence-corrected chi connectivity index (χ1v) is 25.7. The first-order chi connectivity index (χ1) is 31.8. The average Bonchev–Trinajstić information content (AvgIpc) is 3.81. The molecule has 0 aliphatic heterocycles. The summed E-state index contributed by atoms with van der Waals surface area (Å²) in [4.78, 5) is 5.25. The lowest BCUT2D eigenvalue weighted by molar-refractivity contribution is 0.571. The summed E-state index contributed by atoms with van der Waals surface area (Å²) < 4.78 is 5.16. The fourth-order valence-electron chi connectivity index (χ4n) is 10.4. The molecule has 0 aliphatic carbocycles. The van der Waals surface area contributed by atoms with Crippen LogP contribution in [0.15, 0.2) is 202 Å². The van der Waals surface area contributed by atoms with E-state index in [1.807, 2.05) is 0 Å². The molecule has 0 unspecified atom stereocenters. The van der Waals surface area contributed by atoms with E-state index < -0.39 is 10.0 Å². The van der Waals surface area contributed by atoms with Crippen LogP contribution in [0, 0.1) is 0 Å². The fraction of sp³-hybridized carbons (Fsp3) is 0.250. The molecule has 0 bridgehead atoms. The van der Waals surface area contributed by atoms with Gasteiger partial charge in [0, 0.05) is 52.5 Å². The largest absolute Gasteiger partial charge is 0.309 e. The van der Waals surface area contributed by atoms with Gasteiger partial charge in [-0.15, -0.1) is 10.0 Å². The van der Waals surface area contributed by atoms with E-state index in [0.29, 0.717) is 0 Å². The van der Waals surface area contributed by atoms with Crippen molar-refractivity contribution in [3.8, 4) is 11.4 Å². The average molecular weight is 895 g/mol. The third-order valence-electron chi connectivity index (χ3n) is 13.9. The zero-order valence-corrected chi connectivity index (χ0v) is 42.4. The van der Waals surface area contributed by atoms with Crippen molar-refractivity contribution < 1.29 is 0 Å². The molecule has 0 spiro atoms. The summed E-state index contributed by atoms with van der Waals surface area (Å²) >= 11 is 0. The highest BCUT2D eigenvalue weighted by Gasteiger charge is 2.35. The van der Waals surface area contributed by atoms with E-state index in [-0.39, 0.29) is 21.7 Å². The molecule has 10 rings (SSSR count). The third-order valence-corrected chi connectivity index (χ3v) is 17.8. The van der Waals surface area contributed by atoms with Crippen LogP contribution in [0.25, 0.3) is 55.0 Å². The van der Waals surface area contributed by atoms with E-state index in [1.165, 1.54) is 96.8 Å². The molecule has 2 aromatic heterocycles. The van der Waals surface area contributed by atoms with Crippen molar-refractivity contribution in [2.24, 2.45) is 0 Å². The molecule has 0 aliphatic rings. The van der Waals surface area contributed by atoms with Gasteiger partial charge in [0.2, 0.25) is 0 Å². The Morgan fingerprint density at radius 2 is 0.701 bits per heavy atom. The van der Waals surface area contributed by atoms with Crippen LogP contribution in [0.5, 0.6) is 0 Å². The Labute approximate surface area is 400 Å². The summed E-state index contributed by atoms with van der Waals surface area (Å²) in [6.07, 6.45) is 0. The molecule has 0 fully saturated rings. The van der Waals surface area contributed by atoms with Gasteiger partial charge in [-0.2, -0.15) is 0 Å². The highest BCUT2D eigenvalue weighted by Crippen LogP contribution is 2.73. The van der Waals surface area contributed by atoms with Crippen LogP contribution in [0.2, 0.25) is 0 Å². The second kappa shape index (κ2) is 15.9. The van der Waals surface area contributed by atoms with Crippen molar-refractivity contribution >= 4 is 53.6 Å². The molecule has 338 valence electrons. The van der Waals surface area contributed by atoms with Gasteiger partial charge in [-0.1, -0.05) is 174 Å². The first kappa shape index (κ1) is 44.5. The number of hydrogen-bond acceptors (Lipinski definition) is 0. The van der Waals surface area contributed by atoms with Crippen LogP contribution in [0.1, 0.15) is 105 Å². The quantitative estimate of drug-likeness (QED) is 0.157. The molecule has 8 aromatic carbocycles. The van der Waals surface area contributed by atoms with E-state index in [0.717, 1.165) is 0 Å². The predicted octanol–water partition coefficient (Wildman–Crippen LogP) is 18.4. The smallest absolute Gasteiger partial charge is 0.0578 e. The summed E-state index contributed by atoms with van der Waals surface area (Å²) in [5.74, 6) is 0. The zero-order chi connectivity index (χ0) is 47.3. The highest BCUT2D eigenvalue weighted by atomic mass is 32.3. The van der Waals surface area contributed by atoms with E-state index in [1.54, 1.807) is 0 Å². The zero-order valence-electron chi connectivity index (χ0n) is 41.6. The van der Waals surface area contributed by atoms with Crippen molar-refractivity contribution in [2.75, 3.05) is 0 Å². The molecule has 0 saturated heterocycles. The van der Waals surface area contributed by atoms with Gasteiger partial charge >= 0.3 is 0 Å². The number of fused-ring (bicyclic) bond motifs is 6. The molecule has 2 heterocycles. The molecule has 2 nitrogen and oxygen atoms in total. The SMILES string of the molecule is CC(C)(C)c1cc(C(C)(C)C)c2c(c1)c1ccccc1n2-c1ccc2c(c1)c1cc(C(C)(C)C)cc(C(C)(C)C)c1n2-c1cccc(S(c2ccccc2)(c2ccccc2)c2ccccc2)c1. The predicted molar refractivity (Wildman–Crippen MR) is 290 cm³/mol. The lowest BCUT2D eigenvalue weighted by Crippen LogP contribution is -2.17. The van der Waals surface area contributed by atoms with Crippen LogP contribution in [0.4, 0.5) is 0 Å². The number of para-hydroxylation sites is 1. The van der Waals surface area contributed by atoms with Crippen molar-refractivity contribution in [1.82, 2.24) is 9.13 Å². The van der Waals surface area contributed by atoms with Gasteiger partial charge in [-0.3, -0.25) is 0 Å². The first-order valence-electron chi connectivity index (χ1n) is 24.1. The van der Waals surface area contributed by atoms with Crippen LogP contribution in [-0.4, -0.2) is 9.13 Å². The molecular formula is C64H66N2S. The Morgan fingerprint density at radius 1 is 0.299 bits per heavy atom. The molecule has 0 saturated carbocycles. The number of rotatable bonds is 6. The topological polar surface area (TPSA) is 9.86 Å². The molecule has 0 amide bonds. The van der Waals surface area contributed by atoms with Crippen LogP contribution < -0.4 is 0 Å². The number of benzene rings is 8. The van der Waals surface area contributed by atoms with Gasteiger partial charge in [0.1, 0.15) is 0 Å². The molecule has 0 radical (unpaired) electrons. The van der Waals surface area contributed by atoms with Crippen molar-refractivity contribution in [3.05, 3.63) is 204 Å². The lowest BCUT2D eigenvalue weighted by Gasteiger charge is -2.42. The molecule has 0 atom stereocenters. The Hall–Kier alpha value is -6.29. The second-order valence-corrected chi connectivity index (χ2v) is 25.9. The monoisotopic (exact) mass is 894 g/mol. The number of aromatic nitrogens is 2. The number of nitrogens with zero attached hydrogens (tertiary/aromatic N) is 2. The van der Waals surface area contributed by atoms with E-state index in [2.05, 4.69) is 274 Å². The summed E-state index contributed by atoms with van der Waals surface area (Å²) in [6.45, 7) is 28.3. The molecule has 10 aromatic rings. The minimum atomic E-state index is -1.92. The Kier molecular flexibility index (Phi) is 10.6. The standard InChI is InChI=1S/C64H66N2S/c1-61(2,3)43-37-53-51-33-22-23-34-57(51)66(59(53)55(39-43)63(7,8)9)46-35-36-58-52(42-46)54-38-44(62(4,5)6)40-56(64(10,11)12)60(54)65(58)45-25-24-32-50(41-45)67(47-26-16-13-17-27-47,48-28-18-14-19-29-48)49-30-20-15-21-31-49/h13-42H,1-12H3. The lowest BCUT2D eigenvalue weighted by atomic mass is 9.79. The van der Waals surface area contributed by atoms with Gasteiger partial charge in [0.05, 0.1) is 22.1 Å². The third kappa shape index (κ3) is 7.42. The van der Waals surface area contributed by atoms with Gasteiger partial charge in [-0.05, 0) is 135 Å². The van der Waals surface area contributed by atoms with E-state index in [9.17, 15) is 0 Å². The minimum Gasteiger partial charge on any atom is -0.309 e. The van der Waals surface area contributed by atoms with Crippen molar-refractivity contribution in [3.63, 3.8) is 0 Å². The Bertz CT molecular complexity index is 3370. The second-order valence-electron chi connectivity index (χ2n) is 22.8.